The van der Waals surface area contributed by atoms with Gasteiger partial charge in [-0.05, 0) is 19.9 Å². The van der Waals surface area contributed by atoms with Gasteiger partial charge >= 0.3 is 0 Å². The van der Waals surface area contributed by atoms with Gasteiger partial charge in [-0.3, -0.25) is 4.98 Å². The molecule has 0 unspecified atom stereocenters. The number of nitriles is 1. The van der Waals surface area contributed by atoms with Crippen LogP contribution >= 0.6 is 0 Å². The molecule has 0 amide bonds. The molecule has 0 bridgehead atoms. The van der Waals surface area contributed by atoms with E-state index in [9.17, 15) is 0 Å². The smallest absolute Gasteiger partial charge is 0.101 e. The molecule has 0 aliphatic heterocycles. The van der Waals surface area contributed by atoms with Gasteiger partial charge in [-0.1, -0.05) is 0 Å². The van der Waals surface area contributed by atoms with Gasteiger partial charge in [0.2, 0.25) is 0 Å². The zero-order chi connectivity index (χ0) is 9.90. The molecule has 0 spiro atoms. The van der Waals surface area contributed by atoms with Crippen LogP contribution in [0.5, 0.6) is 0 Å². The Morgan fingerprint density at radius 1 is 1.46 bits per heavy atom. The highest BCUT2D eigenvalue weighted by Crippen LogP contribution is 2.23. The molecule has 1 aromatic heterocycles. The molecule has 3 heteroatoms. The normalized spacial score (nSPS) is 10.9. The van der Waals surface area contributed by atoms with Gasteiger partial charge in [-0.25, -0.2) is 0 Å². The summed E-state index contributed by atoms with van der Waals surface area (Å²) in [5.41, 5.74) is 1.08. The monoisotopic (exact) mass is 176 g/mol. The Bertz CT molecular complexity index is 339. The molecule has 0 N–H and O–H groups in total. The minimum Gasteiger partial charge on any atom is -0.374 e. The summed E-state index contributed by atoms with van der Waals surface area (Å²) in [7, 11) is 1.64. The average Bonchev–Trinajstić information content (AvgIpc) is 2.18. The highest BCUT2D eigenvalue weighted by atomic mass is 16.5. The Labute approximate surface area is 78.0 Å². The SMILES string of the molecule is COC(C)(C)c1cncc(C#N)c1. The van der Waals surface area contributed by atoms with Crippen LogP contribution in [0, 0.1) is 11.3 Å². The molecule has 3 nitrogen and oxygen atoms in total. The number of pyridine rings is 1. The lowest BCUT2D eigenvalue weighted by Crippen LogP contribution is -2.19. The van der Waals surface area contributed by atoms with Gasteiger partial charge in [0, 0.05) is 25.1 Å². The third-order valence-electron chi connectivity index (χ3n) is 2.07. The first-order valence-electron chi connectivity index (χ1n) is 4.01. The first-order chi connectivity index (χ1) is 6.10. The molecule has 0 saturated carbocycles. The maximum absolute atomic E-state index is 8.67. The standard InChI is InChI=1S/C10H12N2O/c1-10(2,13-3)9-4-8(5-11)6-12-7-9/h4,6-7H,1-3H3. The molecule has 0 aromatic carbocycles. The molecule has 1 aromatic rings. The molecule has 0 aliphatic carbocycles. The van der Waals surface area contributed by atoms with Crippen LogP contribution in [0.1, 0.15) is 25.0 Å². The first kappa shape index (κ1) is 9.69. The summed E-state index contributed by atoms with van der Waals surface area (Å²) in [6, 6.07) is 3.83. The van der Waals surface area contributed by atoms with Crippen LogP contribution in [0.25, 0.3) is 0 Å². The lowest BCUT2D eigenvalue weighted by Gasteiger charge is -2.22. The van der Waals surface area contributed by atoms with Crippen molar-refractivity contribution in [1.82, 2.24) is 4.98 Å². The second kappa shape index (κ2) is 3.55. The van der Waals surface area contributed by atoms with Crippen LogP contribution in [-0.2, 0) is 10.3 Å². The quantitative estimate of drug-likeness (QED) is 0.690. The van der Waals surface area contributed by atoms with E-state index in [4.69, 9.17) is 10.00 Å². The maximum Gasteiger partial charge on any atom is 0.101 e. The van der Waals surface area contributed by atoms with Gasteiger partial charge in [0.15, 0.2) is 0 Å². The highest BCUT2D eigenvalue weighted by molar-refractivity contribution is 5.31. The summed E-state index contributed by atoms with van der Waals surface area (Å²) in [5, 5.41) is 8.67. The van der Waals surface area contributed by atoms with Crippen LogP contribution in [0.3, 0.4) is 0 Å². The van der Waals surface area contributed by atoms with Gasteiger partial charge in [-0.15, -0.1) is 0 Å². The highest BCUT2D eigenvalue weighted by Gasteiger charge is 2.19. The van der Waals surface area contributed by atoms with E-state index in [2.05, 4.69) is 4.98 Å². The topological polar surface area (TPSA) is 45.9 Å². The zero-order valence-corrected chi connectivity index (χ0v) is 8.03. The molecule has 0 atom stereocenters. The molecule has 68 valence electrons. The van der Waals surface area contributed by atoms with Crippen molar-refractivity contribution in [2.75, 3.05) is 7.11 Å². The Kier molecular flexibility index (Phi) is 2.64. The molecule has 0 aliphatic rings. The molecule has 0 fully saturated rings. The van der Waals surface area contributed by atoms with Crippen molar-refractivity contribution in [3.8, 4) is 6.07 Å². The summed E-state index contributed by atoms with van der Waals surface area (Å²) in [5.74, 6) is 0. The molecule has 0 saturated heterocycles. The largest absolute Gasteiger partial charge is 0.374 e. The van der Waals surface area contributed by atoms with E-state index < -0.39 is 0 Å². The number of methoxy groups -OCH3 is 1. The molecular weight excluding hydrogens is 164 g/mol. The molecule has 0 radical (unpaired) electrons. The Morgan fingerprint density at radius 2 is 2.15 bits per heavy atom. The molecule has 1 heterocycles. The summed E-state index contributed by atoms with van der Waals surface area (Å²) in [4.78, 5) is 3.97. The second-order valence-corrected chi connectivity index (χ2v) is 3.29. The van der Waals surface area contributed by atoms with Gasteiger partial charge in [-0.2, -0.15) is 5.26 Å². The number of ether oxygens (including phenoxy) is 1. The third-order valence-corrected chi connectivity index (χ3v) is 2.07. The Balaban J connectivity index is 3.10. The van der Waals surface area contributed by atoms with Gasteiger partial charge < -0.3 is 4.74 Å². The van der Waals surface area contributed by atoms with Crippen LogP contribution in [0.2, 0.25) is 0 Å². The minimum atomic E-state index is -0.389. The van der Waals surface area contributed by atoms with Crippen LogP contribution in [-0.4, -0.2) is 12.1 Å². The predicted molar refractivity (Wildman–Crippen MR) is 49.0 cm³/mol. The van der Waals surface area contributed by atoms with E-state index in [1.807, 2.05) is 19.9 Å². The number of rotatable bonds is 2. The summed E-state index contributed by atoms with van der Waals surface area (Å²) < 4.78 is 5.27. The molecular formula is C10H12N2O. The fourth-order valence-electron chi connectivity index (χ4n) is 0.948. The van der Waals surface area contributed by atoms with Crippen molar-refractivity contribution in [1.29, 1.82) is 5.26 Å². The average molecular weight is 176 g/mol. The van der Waals surface area contributed by atoms with Crippen molar-refractivity contribution in [2.24, 2.45) is 0 Å². The lowest BCUT2D eigenvalue weighted by molar-refractivity contribution is 0.0189. The molecule has 1 rings (SSSR count). The van der Waals surface area contributed by atoms with E-state index in [1.165, 1.54) is 6.20 Å². The van der Waals surface area contributed by atoms with Crippen molar-refractivity contribution in [3.05, 3.63) is 29.6 Å². The number of hydrogen-bond donors (Lipinski definition) is 0. The summed E-state index contributed by atoms with van der Waals surface area (Å²) in [6.07, 6.45) is 3.25. The van der Waals surface area contributed by atoms with Gasteiger partial charge in [0.05, 0.1) is 11.2 Å². The first-order valence-corrected chi connectivity index (χ1v) is 4.01. The zero-order valence-electron chi connectivity index (χ0n) is 8.03. The lowest BCUT2D eigenvalue weighted by atomic mass is 9.99. The van der Waals surface area contributed by atoms with Crippen LogP contribution in [0.4, 0.5) is 0 Å². The minimum absolute atomic E-state index is 0.389. The van der Waals surface area contributed by atoms with Crippen molar-refractivity contribution < 1.29 is 4.74 Å². The fourth-order valence-corrected chi connectivity index (χ4v) is 0.948. The molecule has 13 heavy (non-hydrogen) atoms. The van der Waals surface area contributed by atoms with Crippen molar-refractivity contribution >= 4 is 0 Å². The van der Waals surface area contributed by atoms with Crippen molar-refractivity contribution in [3.63, 3.8) is 0 Å². The van der Waals surface area contributed by atoms with E-state index >= 15 is 0 Å². The van der Waals surface area contributed by atoms with Gasteiger partial charge in [0.25, 0.3) is 0 Å². The van der Waals surface area contributed by atoms with E-state index in [0.717, 1.165) is 5.56 Å². The van der Waals surface area contributed by atoms with Crippen molar-refractivity contribution in [2.45, 2.75) is 19.4 Å². The van der Waals surface area contributed by atoms with Crippen LogP contribution in [0.15, 0.2) is 18.5 Å². The Morgan fingerprint density at radius 3 is 2.69 bits per heavy atom. The fraction of sp³-hybridized carbons (Fsp3) is 0.400. The second-order valence-electron chi connectivity index (χ2n) is 3.29. The van der Waals surface area contributed by atoms with Gasteiger partial charge in [0.1, 0.15) is 6.07 Å². The summed E-state index contributed by atoms with van der Waals surface area (Å²) >= 11 is 0. The maximum atomic E-state index is 8.67. The van der Waals surface area contributed by atoms with E-state index in [0.29, 0.717) is 5.56 Å². The predicted octanol–water partition coefficient (Wildman–Crippen LogP) is 1.83. The number of aromatic nitrogens is 1. The van der Waals surface area contributed by atoms with E-state index in [1.54, 1.807) is 19.4 Å². The number of hydrogen-bond acceptors (Lipinski definition) is 3. The summed E-state index contributed by atoms with van der Waals surface area (Å²) in [6.45, 7) is 3.87. The third kappa shape index (κ3) is 2.04. The van der Waals surface area contributed by atoms with E-state index in [-0.39, 0.29) is 5.60 Å². The van der Waals surface area contributed by atoms with Crippen LogP contribution < -0.4 is 0 Å². The Hall–Kier alpha value is -1.40. The number of nitrogens with zero attached hydrogens (tertiary/aromatic N) is 2.